The maximum atomic E-state index is 13.6. The molecule has 2 unspecified atom stereocenters. The predicted molar refractivity (Wildman–Crippen MR) is 163 cm³/mol. The van der Waals surface area contributed by atoms with Crippen molar-refractivity contribution in [2.24, 2.45) is 0 Å². The summed E-state index contributed by atoms with van der Waals surface area (Å²) in [7, 11) is 0. The summed E-state index contributed by atoms with van der Waals surface area (Å²) in [6.45, 7) is 4.47. The van der Waals surface area contributed by atoms with Crippen LogP contribution in [0.25, 0.3) is 5.76 Å². The number of ketones is 1. The van der Waals surface area contributed by atoms with Crippen LogP contribution in [0.4, 0.5) is 9.52 Å². The molecule has 220 valence electrons. The standard InChI is InChI=1S/C32H28FN3O5S2/c1-3-13-40-24-6-4-5-20(16-24)27-26(28(37)21-9-12-25-22(15-21)14-18(2)41-25)29(38)30(39)36(27)31-34-35-32(43-31)42-17-19-7-10-23(33)11-8-19/h4-12,15-16,18,27,37H,3,13-14,17H2,1-2H3. The van der Waals surface area contributed by atoms with Crippen molar-refractivity contribution in [3.05, 3.63) is 100 Å². The molecule has 8 nitrogen and oxygen atoms in total. The minimum absolute atomic E-state index is 0.0105. The molecule has 0 bridgehead atoms. The fourth-order valence-corrected chi connectivity index (χ4v) is 6.97. The van der Waals surface area contributed by atoms with Crippen LogP contribution in [0.3, 0.4) is 0 Å². The summed E-state index contributed by atoms with van der Waals surface area (Å²) < 4.78 is 25.5. The highest BCUT2D eigenvalue weighted by atomic mass is 32.2. The van der Waals surface area contributed by atoms with Crippen LogP contribution in [0.15, 0.2) is 76.6 Å². The topological polar surface area (TPSA) is 102 Å². The third-order valence-corrected chi connectivity index (χ3v) is 9.27. The van der Waals surface area contributed by atoms with Gasteiger partial charge in [-0.3, -0.25) is 14.5 Å². The molecule has 0 radical (unpaired) electrons. The smallest absolute Gasteiger partial charge is 0.301 e. The molecule has 0 spiro atoms. The lowest BCUT2D eigenvalue weighted by atomic mass is 9.94. The summed E-state index contributed by atoms with van der Waals surface area (Å²) in [5.41, 5.74) is 2.79. The van der Waals surface area contributed by atoms with Crippen LogP contribution in [0.2, 0.25) is 0 Å². The minimum Gasteiger partial charge on any atom is -0.507 e. The summed E-state index contributed by atoms with van der Waals surface area (Å²) in [6.07, 6.45) is 1.50. The Kier molecular flexibility index (Phi) is 8.18. The van der Waals surface area contributed by atoms with Gasteiger partial charge in [-0.05, 0) is 72.5 Å². The van der Waals surface area contributed by atoms with Crippen molar-refractivity contribution in [2.75, 3.05) is 11.5 Å². The predicted octanol–water partition coefficient (Wildman–Crippen LogP) is 6.71. The van der Waals surface area contributed by atoms with Gasteiger partial charge in [0.15, 0.2) is 4.34 Å². The quantitative estimate of drug-likeness (QED) is 0.0727. The lowest BCUT2D eigenvalue weighted by Crippen LogP contribution is -2.29. The molecule has 3 heterocycles. The molecule has 1 saturated heterocycles. The van der Waals surface area contributed by atoms with E-state index in [2.05, 4.69) is 10.2 Å². The van der Waals surface area contributed by atoms with E-state index in [1.807, 2.05) is 19.9 Å². The maximum absolute atomic E-state index is 13.6. The molecule has 2 aliphatic heterocycles. The van der Waals surface area contributed by atoms with Gasteiger partial charge < -0.3 is 14.6 Å². The summed E-state index contributed by atoms with van der Waals surface area (Å²) in [5, 5.41) is 20.3. The molecule has 0 aliphatic carbocycles. The van der Waals surface area contributed by atoms with E-state index in [0.29, 0.717) is 40.0 Å². The van der Waals surface area contributed by atoms with Crippen LogP contribution in [0.1, 0.15) is 48.6 Å². The van der Waals surface area contributed by atoms with Gasteiger partial charge in [0.1, 0.15) is 29.2 Å². The zero-order chi connectivity index (χ0) is 30.1. The van der Waals surface area contributed by atoms with Crippen LogP contribution >= 0.6 is 23.1 Å². The third kappa shape index (κ3) is 5.87. The van der Waals surface area contributed by atoms with Gasteiger partial charge in [-0.15, -0.1) is 10.2 Å². The molecule has 3 aromatic carbocycles. The first-order valence-electron chi connectivity index (χ1n) is 13.9. The molecule has 0 saturated carbocycles. The Balaban J connectivity index is 1.39. The first-order valence-corrected chi connectivity index (χ1v) is 15.7. The average molecular weight is 618 g/mol. The van der Waals surface area contributed by atoms with Gasteiger partial charge in [0, 0.05) is 17.7 Å². The highest BCUT2D eigenvalue weighted by Crippen LogP contribution is 2.45. The number of ether oxygens (including phenoxy) is 2. The first kappa shape index (κ1) is 28.9. The summed E-state index contributed by atoms with van der Waals surface area (Å²) in [6, 6.07) is 17.6. The number of nitrogens with zero attached hydrogens (tertiary/aromatic N) is 3. The minimum atomic E-state index is -0.962. The van der Waals surface area contributed by atoms with Gasteiger partial charge in [0.25, 0.3) is 5.78 Å². The Bertz CT molecular complexity index is 1720. The van der Waals surface area contributed by atoms with Crippen LogP contribution in [-0.2, 0) is 21.8 Å². The molecule has 11 heteroatoms. The van der Waals surface area contributed by atoms with Gasteiger partial charge in [0.2, 0.25) is 5.13 Å². The van der Waals surface area contributed by atoms with E-state index in [1.54, 1.807) is 48.5 Å². The van der Waals surface area contributed by atoms with E-state index in [4.69, 9.17) is 9.47 Å². The lowest BCUT2D eigenvalue weighted by Gasteiger charge is -2.23. The monoisotopic (exact) mass is 617 g/mol. The van der Waals surface area contributed by atoms with Crippen molar-refractivity contribution in [1.82, 2.24) is 10.2 Å². The number of hydrogen-bond donors (Lipinski definition) is 1. The van der Waals surface area contributed by atoms with Crippen LogP contribution < -0.4 is 14.4 Å². The third-order valence-electron chi connectivity index (χ3n) is 7.14. The second-order valence-corrected chi connectivity index (χ2v) is 12.5. The van der Waals surface area contributed by atoms with Crippen molar-refractivity contribution in [3.8, 4) is 11.5 Å². The molecular formula is C32H28FN3O5S2. The zero-order valence-electron chi connectivity index (χ0n) is 23.5. The number of fused-ring (bicyclic) bond motifs is 1. The summed E-state index contributed by atoms with van der Waals surface area (Å²) in [4.78, 5) is 28.5. The SMILES string of the molecule is CCCOc1cccc(C2C(=C(O)c3ccc4c(c3)CC(C)O4)C(=O)C(=O)N2c2nnc(SCc3ccc(F)cc3)s2)c1. The average Bonchev–Trinajstić information content (AvgIpc) is 3.70. The molecule has 1 N–H and O–H groups in total. The molecule has 6 rings (SSSR count). The molecule has 1 aromatic heterocycles. The van der Waals surface area contributed by atoms with E-state index in [1.165, 1.54) is 40.1 Å². The van der Waals surface area contributed by atoms with Gasteiger partial charge >= 0.3 is 5.91 Å². The van der Waals surface area contributed by atoms with E-state index in [0.717, 1.165) is 23.3 Å². The number of rotatable bonds is 9. The van der Waals surface area contributed by atoms with E-state index in [9.17, 15) is 19.1 Å². The number of carbonyl (C=O) groups excluding carboxylic acids is 2. The number of aliphatic hydroxyl groups is 1. The number of thioether (sulfide) groups is 1. The fourth-order valence-electron chi connectivity index (χ4n) is 5.15. The number of hydrogen-bond acceptors (Lipinski definition) is 9. The van der Waals surface area contributed by atoms with Crippen molar-refractivity contribution in [2.45, 2.75) is 48.9 Å². The molecule has 4 aromatic rings. The van der Waals surface area contributed by atoms with E-state index < -0.39 is 17.7 Å². The Morgan fingerprint density at radius 1 is 1.14 bits per heavy atom. The number of Topliss-reactive ketones (excluding diaryl/α,β-unsaturated/α-hetero) is 1. The zero-order valence-corrected chi connectivity index (χ0v) is 25.1. The number of halogens is 1. The van der Waals surface area contributed by atoms with Crippen LogP contribution in [0, 0.1) is 5.82 Å². The van der Waals surface area contributed by atoms with Gasteiger partial charge in [-0.25, -0.2) is 4.39 Å². The number of amides is 1. The Hall–Kier alpha value is -4.22. The van der Waals surface area contributed by atoms with Gasteiger partial charge in [0.05, 0.1) is 18.2 Å². The van der Waals surface area contributed by atoms with Crippen LogP contribution in [-0.4, -0.2) is 39.7 Å². The second-order valence-electron chi connectivity index (χ2n) is 10.3. The summed E-state index contributed by atoms with van der Waals surface area (Å²) in [5.74, 6) is -0.367. The number of anilines is 1. The molecule has 2 aliphatic rings. The fraction of sp³-hybridized carbons (Fsp3) is 0.250. The van der Waals surface area contributed by atoms with E-state index in [-0.39, 0.29) is 28.4 Å². The maximum Gasteiger partial charge on any atom is 0.301 e. The highest BCUT2D eigenvalue weighted by molar-refractivity contribution is 8.00. The Morgan fingerprint density at radius 2 is 1.95 bits per heavy atom. The number of aromatic nitrogens is 2. The second kappa shape index (κ2) is 12.2. The van der Waals surface area contributed by atoms with Crippen molar-refractivity contribution in [1.29, 1.82) is 0 Å². The van der Waals surface area contributed by atoms with Crippen LogP contribution in [0.5, 0.6) is 11.5 Å². The van der Waals surface area contributed by atoms with Crippen molar-refractivity contribution in [3.63, 3.8) is 0 Å². The molecule has 1 amide bonds. The molecule has 1 fully saturated rings. The number of carbonyl (C=O) groups is 2. The number of benzene rings is 3. The first-order chi connectivity index (χ1) is 20.8. The van der Waals surface area contributed by atoms with Gasteiger partial charge in [-0.1, -0.05) is 54.3 Å². The normalized spacial score (nSPS) is 19.0. The molecular weight excluding hydrogens is 590 g/mol. The Labute approximate surface area is 256 Å². The molecule has 43 heavy (non-hydrogen) atoms. The van der Waals surface area contributed by atoms with Crippen molar-refractivity contribution >= 4 is 45.7 Å². The largest absolute Gasteiger partial charge is 0.507 e. The molecule has 2 atom stereocenters. The summed E-state index contributed by atoms with van der Waals surface area (Å²) >= 11 is 2.56. The highest BCUT2D eigenvalue weighted by Gasteiger charge is 2.48. The number of aliphatic hydroxyl groups excluding tert-OH is 1. The van der Waals surface area contributed by atoms with E-state index >= 15 is 0 Å². The Morgan fingerprint density at radius 3 is 2.74 bits per heavy atom. The van der Waals surface area contributed by atoms with Gasteiger partial charge in [-0.2, -0.15) is 0 Å². The lowest BCUT2D eigenvalue weighted by molar-refractivity contribution is -0.132. The van der Waals surface area contributed by atoms with Crippen molar-refractivity contribution < 1.29 is 28.6 Å².